The standard InChI is InChI=1S/C12H17N5O/c1-3-5-9-14-6-7-17(9)11-10(13)12(18-4-2)16-8-15-11/h6-8H,3-5,13H2,1-2H3. The molecule has 0 saturated heterocycles. The Morgan fingerprint density at radius 3 is 2.83 bits per heavy atom. The average molecular weight is 247 g/mol. The quantitative estimate of drug-likeness (QED) is 0.868. The smallest absolute Gasteiger partial charge is 0.242 e. The first-order valence-electron chi connectivity index (χ1n) is 6.03. The summed E-state index contributed by atoms with van der Waals surface area (Å²) in [5.41, 5.74) is 6.47. The van der Waals surface area contributed by atoms with E-state index in [2.05, 4.69) is 21.9 Å². The van der Waals surface area contributed by atoms with Crippen molar-refractivity contribution in [2.75, 3.05) is 12.3 Å². The third kappa shape index (κ3) is 2.27. The number of nitrogen functional groups attached to an aromatic ring is 1. The number of hydrogen-bond acceptors (Lipinski definition) is 5. The number of rotatable bonds is 5. The lowest BCUT2D eigenvalue weighted by atomic mass is 10.3. The van der Waals surface area contributed by atoms with Crippen molar-refractivity contribution in [2.45, 2.75) is 26.7 Å². The molecule has 0 bridgehead atoms. The molecule has 0 unspecified atom stereocenters. The van der Waals surface area contributed by atoms with E-state index in [4.69, 9.17) is 10.5 Å². The first-order valence-corrected chi connectivity index (χ1v) is 6.03. The zero-order chi connectivity index (χ0) is 13.0. The van der Waals surface area contributed by atoms with E-state index in [1.54, 1.807) is 6.20 Å². The summed E-state index contributed by atoms with van der Waals surface area (Å²) in [6.45, 7) is 4.52. The maximum Gasteiger partial charge on any atom is 0.242 e. The van der Waals surface area contributed by atoms with E-state index in [-0.39, 0.29) is 0 Å². The van der Waals surface area contributed by atoms with E-state index in [0.29, 0.717) is 24.0 Å². The van der Waals surface area contributed by atoms with Gasteiger partial charge in [0.25, 0.3) is 0 Å². The number of hydrogen-bond donors (Lipinski definition) is 1. The lowest BCUT2D eigenvalue weighted by Crippen LogP contribution is -2.09. The molecule has 0 saturated carbocycles. The number of ether oxygens (including phenoxy) is 1. The summed E-state index contributed by atoms with van der Waals surface area (Å²) in [5.74, 6) is 1.97. The van der Waals surface area contributed by atoms with E-state index < -0.39 is 0 Å². The highest BCUT2D eigenvalue weighted by Gasteiger charge is 2.13. The Hall–Kier alpha value is -2.11. The molecule has 6 nitrogen and oxygen atoms in total. The van der Waals surface area contributed by atoms with Crippen molar-refractivity contribution in [3.05, 3.63) is 24.5 Å². The first kappa shape index (κ1) is 12.3. The van der Waals surface area contributed by atoms with E-state index in [1.165, 1.54) is 6.33 Å². The molecule has 0 aliphatic carbocycles. The Bertz CT molecular complexity index is 523. The first-order chi connectivity index (χ1) is 8.77. The Morgan fingerprint density at radius 1 is 1.28 bits per heavy atom. The van der Waals surface area contributed by atoms with Crippen LogP contribution in [0.3, 0.4) is 0 Å². The maximum absolute atomic E-state index is 6.03. The van der Waals surface area contributed by atoms with Gasteiger partial charge in [0, 0.05) is 18.8 Å². The van der Waals surface area contributed by atoms with Gasteiger partial charge in [-0.3, -0.25) is 4.57 Å². The molecular formula is C12H17N5O. The van der Waals surface area contributed by atoms with Gasteiger partial charge in [-0.1, -0.05) is 6.92 Å². The monoisotopic (exact) mass is 247 g/mol. The predicted octanol–water partition coefficient (Wildman–Crippen LogP) is 1.60. The zero-order valence-electron chi connectivity index (χ0n) is 10.6. The van der Waals surface area contributed by atoms with Crippen LogP contribution in [0.5, 0.6) is 5.88 Å². The molecule has 0 atom stereocenters. The number of nitrogens with two attached hydrogens (primary N) is 1. The fourth-order valence-corrected chi connectivity index (χ4v) is 1.75. The zero-order valence-corrected chi connectivity index (χ0v) is 10.6. The average Bonchev–Trinajstić information content (AvgIpc) is 2.81. The second kappa shape index (κ2) is 5.48. The van der Waals surface area contributed by atoms with Gasteiger partial charge in [-0.2, -0.15) is 4.98 Å². The summed E-state index contributed by atoms with van der Waals surface area (Å²) in [4.78, 5) is 12.5. The third-order valence-corrected chi connectivity index (χ3v) is 2.53. The van der Waals surface area contributed by atoms with Crippen molar-refractivity contribution in [2.24, 2.45) is 0 Å². The number of nitrogens with zero attached hydrogens (tertiary/aromatic N) is 4. The van der Waals surface area contributed by atoms with Crippen LogP contribution in [0, 0.1) is 0 Å². The van der Waals surface area contributed by atoms with Gasteiger partial charge in [-0.05, 0) is 13.3 Å². The minimum Gasteiger partial charge on any atom is -0.476 e. The summed E-state index contributed by atoms with van der Waals surface area (Å²) < 4.78 is 7.24. The highest BCUT2D eigenvalue weighted by atomic mass is 16.5. The Balaban J connectivity index is 2.43. The van der Waals surface area contributed by atoms with Crippen LogP contribution in [0.4, 0.5) is 5.69 Å². The van der Waals surface area contributed by atoms with Crippen LogP contribution >= 0.6 is 0 Å². The highest BCUT2D eigenvalue weighted by Crippen LogP contribution is 2.24. The third-order valence-electron chi connectivity index (χ3n) is 2.53. The Morgan fingerprint density at radius 2 is 2.11 bits per heavy atom. The van der Waals surface area contributed by atoms with Crippen molar-refractivity contribution in [1.29, 1.82) is 0 Å². The molecule has 0 radical (unpaired) electrons. The minimum absolute atomic E-state index is 0.415. The van der Waals surface area contributed by atoms with E-state index >= 15 is 0 Å². The maximum atomic E-state index is 6.03. The second-order valence-corrected chi connectivity index (χ2v) is 3.81. The van der Waals surface area contributed by atoms with Crippen LogP contribution in [-0.4, -0.2) is 26.1 Å². The molecule has 0 amide bonds. The molecular weight excluding hydrogens is 230 g/mol. The highest BCUT2D eigenvalue weighted by molar-refractivity contribution is 5.60. The molecule has 0 fully saturated rings. The van der Waals surface area contributed by atoms with E-state index in [0.717, 1.165) is 18.7 Å². The van der Waals surface area contributed by atoms with Crippen molar-refractivity contribution in [3.8, 4) is 11.7 Å². The number of anilines is 1. The summed E-state index contributed by atoms with van der Waals surface area (Å²) in [7, 11) is 0. The molecule has 2 rings (SSSR count). The molecule has 2 aromatic rings. The van der Waals surface area contributed by atoms with Crippen molar-refractivity contribution in [3.63, 3.8) is 0 Å². The molecule has 0 aliphatic heterocycles. The van der Waals surface area contributed by atoms with Gasteiger partial charge >= 0.3 is 0 Å². The van der Waals surface area contributed by atoms with Crippen LogP contribution in [0.15, 0.2) is 18.7 Å². The molecule has 2 N–H and O–H groups in total. The Labute approximate surface area is 106 Å². The van der Waals surface area contributed by atoms with E-state index in [1.807, 2.05) is 17.7 Å². The Kier molecular flexibility index (Phi) is 3.76. The lowest BCUT2D eigenvalue weighted by Gasteiger charge is -2.11. The van der Waals surface area contributed by atoms with Gasteiger partial charge < -0.3 is 10.5 Å². The normalized spacial score (nSPS) is 10.6. The predicted molar refractivity (Wildman–Crippen MR) is 68.7 cm³/mol. The second-order valence-electron chi connectivity index (χ2n) is 3.81. The summed E-state index contributed by atoms with van der Waals surface area (Å²) >= 11 is 0. The molecule has 0 aliphatic rings. The number of imidazole rings is 1. The summed E-state index contributed by atoms with van der Waals surface area (Å²) in [6.07, 6.45) is 6.93. The van der Waals surface area contributed by atoms with E-state index in [9.17, 15) is 0 Å². The molecule has 96 valence electrons. The minimum atomic E-state index is 0.415. The van der Waals surface area contributed by atoms with Crippen LogP contribution in [0.25, 0.3) is 5.82 Å². The van der Waals surface area contributed by atoms with Gasteiger partial charge in [-0.15, -0.1) is 0 Å². The summed E-state index contributed by atoms with van der Waals surface area (Å²) in [5, 5.41) is 0. The van der Waals surface area contributed by atoms with Crippen LogP contribution in [0.1, 0.15) is 26.1 Å². The van der Waals surface area contributed by atoms with Gasteiger partial charge in [0.1, 0.15) is 17.8 Å². The van der Waals surface area contributed by atoms with Gasteiger partial charge in [0.2, 0.25) is 5.88 Å². The molecule has 2 heterocycles. The SMILES string of the molecule is CCCc1nccn1-c1ncnc(OCC)c1N. The molecule has 18 heavy (non-hydrogen) atoms. The lowest BCUT2D eigenvalue weighted by molar-refractivity contribution is 0.328. The number of aryl methyl sites for hydroxylation is 1. The summed E-state index contributed by atoms with van der Waals surface area (Å²) in [6, 6.07) is 0. The largest absolute Gasteiger partial charge is 0.476 e. The van der Waals surface area contributed by atoms with Crippen LogP contribution < -0.4 is 10.5 Å². The van der Waals surface area contributed by atoms with Crippen LogP contribution in [-0.2, 0) is 6.42 Å². The van der Waals surface area contributed by atoms with Gasteiger partial charge in [0.05, 0.1) is 6.61 Å². The fourth-order valence-electron chi connectivity index (χ4n) is 1.75. The van der Waals surface area contributed by atoms with Gasteiger partial charge in [0.15, 0.2) is 5.82 Å². The topological polar surface area (TPSA) is 78.8 Å². The fraction of sp³-hybridized carbons (Fsp3) is 0.417. The molecule has 2 aromatic heterocycles. The molecule has 0 aromatic carbocycles. The molecule has 0 spiro atoms. The van der Waals surface area contributed by atoms with Crippen molar-refractivity contribution in [1.82, 2.24) is 19.5 Å². The molecule has 6 heteroatoms. The van der Waals surface area contributed by atoms with Crippen LogP contribution in [0.2, 0.25) is 0 Å². The van der Waals surface area contributed by atoms with Crippen molar-refractivity contribution >= 4 is 5.69 Å². The number of aromatic nitrogens is 4. The van der Waals surface area contributed by atoms with Gasteiger partial charge in [-0.25, -0.2) is 9.97 Å². The van der Waals surface area contributed by atoms with Crippen molar-refractivity contribution < 1.29 is 4.74 Å².